The topological polar surface area (TPSA) is 43.7 Å². The van der Waals surface area contributed by atoms with E-state index in [0.717, 1.165) is 5.92 Å². The van der Waals surface area contributed by atoms with Crippen LogP contribution in [0.2, 0.25) is 0 Å². The van der Waals surface area contributed by atoms with E-state index in [0.29, 0.717) is 19.1 Å². The van der Waals surface area contributed by atoms with Crippen LogP contribution in [0.3, 0.4) is 0 Å². The van der Waals surface area contributed by atoms with Gasteiger partial charge in [0.25, 0.3) is 0 Å². The lowest BCUT2D eigenvalue weighted by Gasteiger charge is -2.33. The van der Waals surface area contributed by atoms with Crippen LogP contribution in [0.15, 0.2) is 0 Å². The summed E-state index contributed by atoms with van der Waals surface area (Å²) >= 11 is 0. The summed E-state index contributed by atoms with van der Waals surface area (Å²) in [5.41, 5.74) is 0. The summed E-state index contributed by atoms with van der Waals surface area (Å²) in [6.45, 7) is 3.64. The molecule has 2 aliphatic rings. The summed E-state index contributed by atoms with van der Waals surface area (Å²) in [6.07, 6.45) is 4.03. The number of aliphatic hydroxyl groups is 2. The summed E-state index contributed by atoms with van der Waals surface area (Å²) in [7, 11) is 0. The standard InChI is InChI=1S/C11H21NO2/c1-8-2-4-9(5-3-8)12-6-10(13)11(14)7-12/h8-11,13-14H,2-7H2,1H3/t8?,9?,10-,11-/m1/s1. The van der Waals surface area contributed by atoms with Crippen molar-refractivity contribution in [1.29, 1.82) is 0 Å². The molecule has 0 aromatic rings. The van der Waals surface area contributed by atoms with Gasteiger partial charge in [-0.25, -0.2) is 0 Å². The number of likely N-dealkylation sites (tertiary alicyclic amines) is 1. The van der Waals surface area contributed by atoms with E-state index in [1.54, 1.807) is 0 Å². The number of rotatable bonds is 1. The van der Waals surface area contributed by atoms with E-state index >= 15 is 0 Å². The largest absolute Gasteiger partial charge is 0.389 e. The summed E-state index contributed by atoms with van der Waals surface area (Å²) < 4.78 is 0. The smallest absolute Gasteiger partial charge is 0.0938 e. The third kappa shape index (κ3) is 2.10. The van der Waals surface area contributed by atoms with E-state index in [9.17, 15) is 10.2 Å². The zero-order chi connectivity index (χ0) is 10.1. The molecule has 3 nitrogen and oxygen atoms in total. The second-order valence-electron chi connectivity index (χ2n) is 5.00. The Morgan fingerprint density at radius 1 is 0.929 bits per heavy atom. The van der Waals surface area contributed by atoms with Gasteiger partial charge in [0, 0.05) is 19.1 Å². The number of hydrogen-bond acceptors (Lipinski definition) is 3. The van der Waals surface area contributed by atoms with Gasteiger partial charge < -0.3 is 10.2 Å². The normalized spacial score (nSPS) is 45.6. The molecule has 1 saturated heterocycles. The first-order valence-electron chi connectivity index (χ1n) is 5.77. The van der Waals surface area contributed by atoms with Gasteiger partial charge in [-0.1, -0.05) is 6.92 Å². The first-order chi connectivity index (χ1) is 6.66. The Hall–Kier alpha value is -0.120. The van der Waals surface area contributed by atoms with E-state index < -0.39 is 12.2 Å². The molecule has 0 aromatic heterocycles. The van der Waals surface area contributed by atoms with E-state index in [-0.39, 0.29) is 0 Å². The zero-order valence-corrected chi connectivity index (χ0v) is 8.89. The van der Waals surface area contributed by atoms with Gasteiger partial charge in [-0.05, 0) is 31.6 Å². The maximum absolute atomic E-state index is 9.46. The van der Waals surface area contributed by atoms with Crippen LogP contribution in [0.25, 0.3) is 0 Å². The van der Waals surface area contributed by atoms with E-state index in [2.05, 4.69) is 11.8 Å². The molecule has 1 heterocycles. The van der Waals surface area contributed by atoms with Gasteiger partial charge in [-0.3, -0.25) is 4.90 Å². The average molecular weight is 199 g/mol. The SMILES string of the molecule is CC1CCC(N2C[C@@H](O)[C@H](O)C2)CC1. The molecule has 2 N–H and O–H groups in total. The number of aliphatic hydroxyl groups excluding tert-OH is 2. The molecular weight excluding hydrogens is 178 g/mol. The molecule has 3 heteroatoms. The van der Waals surface area contributed by atoms with E-state index in [1.165, 1.54) is 25.7 Å². The minimum Gasteiger partial charge on any atom is -0.389 e. The molecule has 0 radical (unpaired) electrons. The second-order valence-corrected chi connectivity index (χ2v) is 5.00. The van der Waals surface area contributed by atoms with Crippen LogP contribution >= 0.6 is 0 Å². The highest BCUT2D eigenvalue weighted by Crippen LogP contribution is 2.29. The van der Waals surface area contributed by atoms with Crippen molar-refractivity contribution in [2.24, 2.45) is 5.92 Å². The fourth-order valence-corrected chi connectivity index (χ4v) is 2.70. The highest BCUT2D eigenvalue weighted by molar-refractivity contribution is 4.89. The van der Waals surface area contributed by atoms with Gasteiger partial charge in [0.15, 0.2) is 0 Å². The molecule has 82 valence electrons. The lowest BCUT2D eigenvalue weighted by Crippen LogP contribution is -2.37. The van der Waals surface area contributed by atoms with Crippen molar-refractivity contribution in [3.05, 3.63) is 0 Å². The Labute approximate surface area is 85.7 Å². The third-order valence-electron chi connectivity index (χ3n) is 3.79. The van der Waals surface area contributed by atoms with Crippen LogP contribution in [0.5, 0.6) is 0 Å². The second kappa shape index (κ2) is 4.17. The molecule has 2 rings (SSSR count). The van der Waals surface area contributed by atoms with Crippen LogP contribution in [0.1, 0.15) is 32.6 Å². The quantitative estimate of drug-likeness (QED) is 0.650. The average Bonchev–Trinajstić information content (AvgIpc) is 2.48. The fraction of sp³-hybridized carbons (Fsp3) is 1.00. The molecule has 1 aliphatic carbocycles. The van der Waals surface area contributed by atoms with Crippen molar-refractivity contribution in [3.8, 4) is 0 Å². The lowest BCUT2D eigenvalue weighted by atomic mass is 9.87. The minimum absolute atomic E-state index is 0.519. The zero-order valence-electron chi connectivity index (χ0n) is 8.89. The van der Waals surface area contributed by atoms with Gasteiger partial charge >= 0.3 is 0 Å². The maximum Gasteiger partial charge on any atom is 0.0938 e. The van der Waals surface area contributed by atoms with E-state index in [4.69, 9.17) is 0 Å². The number of β-amino-alcohol motifs (C(OH)–C–C–N with tert-alkyl or cyclic N) is 2. The van der Waals surface area contributed by atoms with Gasteiger partial charge in [0.05, 0.1) is 12.2 Å². The molecule has 0 amide bonds. The maximum atomic E-state index is 9.46. The first kappa shape index (κ1) is 10.4. The first-order valence-corrected chi connectivity index (χ1v) is 5.77. The van der Waals surface area contributed by atoms with Gasteiger partial charge in [0.1, 0.15) is 0 Å². The molecular formula is C11H21NO2. The van der Waals surface area contributed by atoms with Crippen molar-refractivity contribution in [2.75, 3.05) is 13.1 Å². The minimum atomic E-state index is -0.519. The van der Waals surface area contributed by atoms with Crippen molar-refractivity contribution >= 4 is 0 Å². The Morgan fingerprint density at radius 3 is 1.93 bits per heavy atom. The molecule has 0 spiro atoms. The van der Waals surface area contributed by atoms with Gasteiger partial charge in [-0.15, -0.1) is 0 Å². The van der Waals surface area contributed by atoms with Gasteiger partial charge in [0.2, 0.25) is 0 Å². The highest BCUT2D eigenvalue weighted by atomic mass is 16.3. The molecule has 2 fully saturated rings. The predicted molar refractivity (Wildman–Crippen MR) is 55.0 cm³/mol. The number of nitrogens with zero attached hydrogens (tertiary/aromatic N) is 1. The summed E-state index contributed by atoms with van der Waals surface area (Å²) in [4.78, 5) is 2.27. The van der Waals surface area contributed by atoms with Gasteiger partial charge in [-0.2, -0.15) is 0 Å². The fourth-order valence-electron chi connectivity index (χ4n) is 2.70. The molecule has 2 atom stereocenters. The molecule has 1 saturated carbocycles. The van der Waals surface area contributed by atoms with E-state index in [1.807, 2.05) is 0 Å². The molecule has 14 heavy (non-hydrogen) atoms. The molecule has 0 bridgehead atoms. The van der Waals surface area contributed by atoms with Crippen molar-refractivity contribution in [3.63, 3.8) is 0 Å². The van der Waals surface area contributed by atoms with Crippen molar-refractivity contribution in [1.82, 2.24) is 4.90 Å². The van der Waals surface area contributed by atoms with Crippen LogP contribution < -0.4 is 0 Å². The Kier molecular flexibility index (Phi) is 3.10. The van der Waals surface area contributed by atoms with Crippen molar-refractivity contribution in [2.45, 2.75) is 50.9 Å². The lowest BCUT2D eigenvalue weighted by molar-refractivity contribution is 0.0572. The van der Waals surface area contributed by atoms with Crippen molar-refractivity contribution < 1.29 is 10.2 Å². The Balaban J connectivity index is 1.85. The molecule has 0 unspecified atom stereocenters. The van der Waals surface area contributed by atoms with Crippen LogP contribution in [-0.4, -0.2) is 46.5 Å². The predicted octanol–water partition coefficient (Wildman–Crippen LogP) is 0.602. The monoisotopic (exact) mass is 199 g/mol. The summed E-state index contributed by atoms with van der Waals surface area (Å²) in [5, 5.41) is 18.9. The highest BCUT2D eigenvalue weighted by Gasteiger charge is 2.34. The third-order valence-corrected chi connectivity index (χ3v) is 3.79. The Morgan fingerprint density at radius 2 is 1.43 bits per heavy atom. The molecule has 1 aliphatic heterocycles. The Bertz CT molecular complexity index is 180. The number of hydrogen-bond donors (Lipinski definition) is 2. The van der Waals surface area contributed by atoms with Crippen LogP contribution in [0.4, 0.5) is 0 Å². The van der Waals surface area contributed by atoms with Crippen LogP contribution in [0, 0.1) is 5.92 Å². The summed E-state index contributed by atoms with van der Waals surface area (Å²) in [5.74, 6) is 0.865. The van der Waals surface area contributed by atoms with Crippen LogP contribution in [-0.2, 0) is 0 Å². The molecule has 0 aromatic carbocycles. The summed E-state index contributed by atoms with van der Waals surface area (Å²) in [6, 6.07) is 0.609.